The summed E-state index contributed by atoms with van der Waals surface area (Å²) >= 11 is 0. The van der Waals surface area contributed by atoms with Crippen LogP contribution in [0.25, 0.3) is 0 Å². The van der Waals surface area contributed by atoms with E-state index < -0.39 is 0 Å². The summed E-state index contributed by atoms with van der Waals surface area (Å²) in [6, 6.07) is 0. The summed E-state index contributed by atoms with van der Waals surface area (Å²) < 4.78 is 0. The van der Waals surface area contributed by atoms with Crippen LogP contribution in [0.3, 0.4) is 0 Å². The molecule has 0 spiro atoms. The van der Waals surface area contributed by atoms with Gasteiger partial charge in [-0.05, 0) is 0 Å². The maximum atomic E-state index is 4.75. The van der Waals surface area contributed by atoms with Crippen LogP contribution in [-0.2, 0) is 4.84 Å². The highest BCUT2D eigenvalue weighted by Gasteiger charge is 2.07. The molecule has 0 bridgehead atoms. The van der Waals surface area contributed by atoms with Gasteiger partial charge in [-0.15, -0.1) is 0 Å². The third kappa shape index (κ3) is 0.698. The van der Waals surface area contributed by atoms with Crippen LogP contribution in [0.15, 0.2) is 0 Å². The van der Waals surface area contributed by atoms with E-state index in [1.165, 1.54) is 0 Å². The van der Waals surface area contributed by atoms with Crippen molar-refractivity contribution in [3.05, 3.63) is 6.54 Å². The molecule has 0 aromatic heterocycles. The number of rotatable bonds is 0. The van der Waals surface area contributed by atoms with E-state index in [1.54, 1.807) is 0 Å². The van der Waals surface area contributed by atoms with E-state index in [2.05, 4.69) is 12.4 Å². The Morgan fingerprint density at radius 2 is 2.83 bits per heavy atom. The minimum Gasteiger partial charge on any atom is -0.301 e. The Balaban J connectivity index is 2.18. The molecule has 0 saturated carbocycles. The quantitative estimate of drug-likeness (QED) is 0.458. The molecule has 1 atom stereocenters. The molecule has 6 heavy (non-hydrogen) atoms. The highest BCUT2D eigenvalue weighted by atomic mass is 16.7. The van der Waals surface area contributed by atoms with Crippen LogP contribution in [-0.4, -0.2) is 6.61 Å². The molecular formula is C4H8NO. The fourth-order valence-electron chi connectivity index (χ4n) is 0.392. The molecule has 1 aliphatic heterocycles. The van der Waals surface area contributed by atoms with Gasteiger partial charge in [-0.25, -0.2) is 0 Å². The van der Waals surface area contributed by atoms with Crippen LogP contribution in [0.5, 0.6) is 0 Å². The lowest BCUT2D eigenvalue weighted by atomic mass is 10.2. The summed E-state index contributed by atoms with van der Waals surface area (Å²) in [5.74, 6) is 0.588. The second kappa shape index (κ2) is 1.58. The Labute approximate surface area is 37.4 Å². The Morgan fingerprint density at radius 3 is 3.00 bits per heavy atom. The molecule has 1 fully saturated rings. The summed E-state index contributed by atoms with van der Waals surface area (Å²) in [7, 11) is 0. The molecule has 2 heteroatoms. The molecule has 0 aromatic rings. The molecule has 2 nitrogen and oxygen atoms in total. The van der Waals surface area contributed by atoms with Gasteiger partial charge in [-0.2, -0.15) is 5.48 Å². The fraction of sp³-hybridized carbons (Fsp3) is 0.750. The lowest BCUT2D eigenvalue weighted by Gasteiger charge is -1.86. The van der Waals surface area contributed by atoms with Crippen LogP contribution >= 0.6 is 0 Å². The SMILES string of the molecule is CC1[CH]NOC1. The van der Waals surface area contributed by atoms with Crippen molar-refractivity contribution in [1.82, 2.24) is 5.48 Å². The van der Waals surface area contributed by atoms with Gasteiger partial charge in [0.1, 0.15) is 0 Å². The van der Waals surface area contributed by atoms with E-state index in [-0.39, 0.29) is 0 Å². The van der Waals surface area contributed by atoms with Gasteiger partial charge >= 0.3 is 0 Å². The minimum atomic E-state index is 0.588. The summed E-state index contributed by atoms with van der Waals surface area (Å²) in [5, 5.41) is 0. The van der Waals surface area contributed by atoms with Crippen LogP contribution in [0, 0.1) is 12.5 Å². The first-order valence-electron chi connectivity index (χ1n) is 2.10. The lowest BCUT2D eigenvalue weighted by Crippen LogP contribution is -1.97. The van der Waals surface area contributed by atoms with Crippen LogP contribution in [0.1, 0.15) is 6.92 Å². The molecule has 1 rings (SSSR count). The van der Waals surface area contributed by atoms with E-state index >= 15 is 0 Å². The normalized spacial score (nSPS) is 34.5. The van der Waals surface area contributed by atoms with Gasteiger partial charge < -0.3 is 4.84 Å². The second-order valence-corrected chi connectivity index (χ2v) is 1.57. The smallest absolute Gasteiger partial charge is 0.0724 e. The van der Waals surface area contributed by atoms with Crippen molar-refractivity contribution in [2.75, 3.05) is 6.61 Å². The van der Waals surface area contributed by atoms with E-state index in [9.17, 15) is 0 Å². The maximum Gasteiger partial charge on any atom is 0.0724 e. The monoisotopic (exact) mass is 86.1 g/mol. The van der Waals surface area contributed by atoms with Crippen molar-refractivity contribution < 1.29 is 4.84 Å². The molecule has 1 radical (unpaired) electrons. The summed E-state index contributed by atoms with van der Waals surface area (Å²) in [4.78, 5) is 4.75. The Morgan fingerprint density at radius 1 is 2.00 bits per heavy atom. The van der Waals surface area contributed by atoms with Gasteiger partial charge in [0.2, 0.25) is 0 Å². The fourth-order valence-corrected chi connectivity index (χ4v) is 0.392. The number of nitrogens with one attached hydrogen (secondary N) is 1. The van der Waals surface area contributed by atoms with Crippen molar-refractivity contribution in [3.8, 4) is 0 Å². The first-order chi connectivity index (χ1) is 2.89. The van der Waals surface area contributed by atoms with Gasteiger partial charge in [0, 0.05) is 5.92 Å². The van der Waals surface area contributed by atoms with Gasteiger partial charge in [0.15, 0.2) is 0 Å². The topological polar surface area (TPSA) is 21.3 Å². The van der Waals surface area contributed by atoms with E-state index in [0.29, 0.717) is 5.92 Å². The van der Waals surface area contributed by atoms with Crippen molar-refractivity contribution >= 4 is 0 Å². The standard InChI is InChI=1S/C4H8NO/c1-4-2-5-6-3-4/h2,4-5H,3H2,1H3. The average Bonchev–Trinajstić information content (AvgIpc) is 1.86. The van der Waals surface area contributed by atoms with E-state index in [4.69, 9.17) is 4.84 Å². The molecule has 1 N–H and O–H groups in total. The molecule has 0 amide bonds. The third-order valence-electron chi connectivity index (χ3n) is 0.782. The molecule has 1 unspecified atom stereocenters. The van der Waals surface area contributed by atoms with E-state index in [1.807, 2.05) is 6.54 Å². The average molecular weight is 86.1 g/mol. The van der Waals surface area contributed by atoms with Crippen LogP contribution < -0.4 is 5.48 Å². The number of hydrogen-bond donors (Lipinski definition) is 1. The Bertz CT molecular complexity index is 40.8. The predicted octanol–water partition coefficient (Wildman–Crippen LogP) is 0.319. The predicted molar refractivity (Wildman–Crippen MR) is 22.6 cm³/mol. The van der Waals surface area contributed by atoms with Crippen molar-refractivity contribution in [2.45, 2.75) is 6.92 Å². The van der Waals surface area contributed by atoms with E-state index in [0.717, 1.165) is 6.61 Å². The largest absolute Gasteiger partial charge is 0.301 e. The highest BCUT2D eigenvalue weighted by Crippen LogP contribution is 2.02. The second-order valence-electron chi connectivity index (χ2n) is 1.57. The first-order valence-corrected chi connectivity index (χ1v) is 2.10. The number of hydrogen-bond acceptors (Lipinski definition) is 2. The summed E-state index contributed by atoms with van der Waals surface area (Å²) in [6.45, 7) is 4.85. The Kier molecular flexibility index (Phi) is 1.08. The van der Waals surface area contributed by atoms with Crippen molar-refractivity contribution in [1.29, 1.82) is 0 Å². The third-order valence-corrected chi connectivity index (χ3v) is 0.782. The molecular weight excluding hydrogens is 78.0 g/mol. The minimum absolute atomic E-state index is 0.588. The van der Waals surface area contributed by atoms with Gasteiger partial charge in [-0.1, -0.05) is 6.92 Å². The first kappa shape index (κ1) is 4.09. The lowest BCUT2D eigenvalue weighted by molar-refractivity contribution is 0.104. The molecule has 0 aliphatic carbocycles. The molecule has 0 aromatic carbocycles. The molecule has 35 valence electrons. The van der Waals surface area contributed by atoms with Gasteiger partial charge in [-0.3, -0.25) is 0 Å². The maximum absolute atomic E-state index is 4.75. The Hall–Kier alpha value is -0.0800. The number of hydroxylamine groups is 1. The van der Waals surface area contributed by atoms with Crippen LogP contribution in [0.4, 0.5) is 0 Å². The molecule has 1 aliphatic rings. The highest BCUT2D eigenvalue weighted by molar-refractivity contribution is 4.69. The summed E-state index contributed by atoms with van der Waals surface area (Å²) in [6.07, 6.45) is 0. The zero-order chi connectivity index (χ0) is 4.41. The van der Waals surface area contributed by atoms with Crippen molar-refractivity contribution in [2.24, 2.45) is 5.92 Å². The van der Waals surface area contributed by atoms with Crippen LogP contribution in [0.2, 0.25) is 0 Å². The zero-order valence-corrected chi connectivity index (χ0v) is 3.77. The molecule has 1 saturated heterocycles. The summed E-state index contributed by atoms with van der Waals surface area (Å²) in [5.41, 5.74) is 2.65. The van der Waals surface area contributed by atoms with Crippen molar-refractivity contribution in [3.63, 3.8) is 0 Å². The van der Waals surface area contributed by atoms with Gasteiger partial charge in [0.25, 0.3) is 0 Å². The van der Waals surface area contributed by atoms with Gasteiger partial charge in [0.05, 0.1) is 13.2 Å². The zero-order valence-electron chi connectivity index (χ0n) is 3.77. The molecule has 1 heterocycles.